The number of halogens is 1. The van der Waals surface area contributed by atoms with Crippen LogP contribution in [0.2, 0.25) is 0 Å². The second-order valence-corrected chi connectivity index (χ2v) is 6.98. The predicted molar refractivity (Wildman–Crippen MR) is 95.8 cm³/mol. The number of carbonyl (C=O) groups excluding carboxylic acids is 1. The third-order valence-corrected chi connectivity index (χ3v) is 5.70. The maximum absolute atomic E-state index is 12.0. The normalized spacial score (nSPS) is 28.5. The zero-order chi connectivity index (χ0) is 15.8. The number of ether oxygens (including phenoxy) is 2. The minimum Gasteiger partial charge on any atom is -0.462 e. The number of fused-ring (bicyclic) bond motifs is 3. The van der Waals surface area contributed by atoms with Crippen LogP contribution in [0.3, 0.4) is 0 Å². The van der Waals surface area contributed by atoms with Crippen molar-refractivity contribution in [2.45, 2.75) is 51.2 Å². The van der Waals surface area contributed by atoms with Crippen molar-refractivity contribution < 1.29 is 14.3 Å². The first-order chi connectivity index (χ1) is 11.3. The highest BCUT2D eigenvalue weighted by Crippen LogP contribution is 2.48. The van der Waals surface area contributed by atoms with Crippen LogP contribution in [0.1, 0.15) is 61.1 Å². The Bertz CT molecular complexity index is 600. The van der Waals surface area contributed by atoms with Crippen LogP contribution in [0.5, 0.6) is 0 Å². The molecule has 1 N–H and O–H groups in total. The summed E-state index contributed by atoms with van der Waals surface area (Å²) >= 11 is 0. The Morgan fingerprint density at radius 1 is 1.29 bits per heavy atom. The summed E-state index contributed by atoms with van der Waals surface area (Å²) in [6.45, 7) is 3.09. The molecule has 0 aromatic heterocycles. The lowest BCUT2D eigenvalue weighted by molar-refractivity contribution is 0.0525. The van der Waals surface area contributed by atoms with Gasteiger partial charge in [-0.25, -0.2) is 4.79 Å². The first kappa shape index (κ1) is 17.6. The van der Waals surface area contributed by atoms with Gasteiger partial charge in [0.05, 0.1) is 18.3 Å². The van der Waals surface area contributed by atoms with Gasteiger partial charge in [-0.15, -0.1) is 12.4 Å². The summed E-state index contributed by atoms with van der Waals surface area (Å²) in [7, 11) is 0. The van der Waals surface area contributed by atoms with E-state index in [4.69, 9.17) is 9.47 Å². The van der Waals surface area contributed by atoms with Gasteiger partial charge in [0.2, 0.25) is 0 Å². The average Bonchev–Trinajstić information content (AvgIpc) is 3.25. The summed E-state index contributed by atoms with van der Waals surface area (Å²) in [4.78, 5) is 12.0. The van der Waals surface area contributed by atoms with E-state index in [9.17, 15) is 4.79 Å². The minimum atomic E-state index is -0.246. The molecule has 2 aliphatic heterocycles. The average molecular weight is 352 g/mol. The Morgan fingerprint density at radius 3 is 2.83 bits per heavy atom. The van der Waals surface area contributed by atoms with E-state index in [2.05, 4.69) is 5.32 Å². The topological polar surface area (TPSA) is 47.6 Å². The molecule has 1 saturated heterocycles. The fraction of sp³-hybridized carbons (Fsp3) is 0.632. The van der Waals surface area contributed by atoms with Crippen LogP contribution >= 0.6 is 12.4 Å². The van der Waals surface area contributed by atoms with Crippen molar-refractivity contribution in [3.8, 4) is 0 Å². The predicted octanol–water partition coefficient (Wildman–Crippen LogP) is 4.35. The van der Waals surface area contributed by atoms with Crippen LogP contribution in [-0.2, 0) is 9.47 Å². The van der Waals surface area contributed by atoms with Crippen molar-refractivity contribution in [1.29, 1.82) is 0 Å². The molecule has 0 bridgehead atoms. The first-order valence-electron chi connectivity index (χ1n) is 8.97. The lowest BCUT2D eigenvalue weighted by Crippen LogP contribution is -2.40. The molecule has 1 aliphatic carbocycles. The van der Waals surface area contributed by atoms with Crippen molar-refractivity contribution in [2.75, 3.05) is 18.5 Å². The molecule has 3 atom stereocenters. The van der Waals surface area contributed by atoms with E-state index >= 15 is 0 Å². The van der Waals surface area contributed by atoms with Gasteiger partial charge in [0.15, 0.2) is 0 Å². The Labute approximate surface area is 149 Å². The molecule has 4 rings (SSSR count). The van der Waals surface area contributed by atoms with Gasteiger partial charge in [-0.1, -0.05) is 18.9 Å². The summed E-state index contributed by atoms with van der Waals surface area (Å²) in [5.41, 5.74) is 2.89. The Morgan fingerprint density at radius 2 is 2.08 bits per heavy atom. The zero-order valence-corrected chi connectivity index (χ0v) is 14.9. The number of nitrogens with one attached hydrogen (secondary N) is 1. The van der Waals surface area contributed by atoms with Gasteiger partial charge < -0.3 is 14.8 Å². The van der Waals surface area contributed by atoms with Crippen LogP contribution in [0.4, 0.5) is 5.69 Å². The monoisotopic (exact) mass is 351 g/mol. The van der Waals surface area contributed by atoms with Crippen LogP contribution in [0.25, 0.3) is 0 Å². The molecule has 4 nitrogen and oxygen atoms in total. The van der Waals surface area contributed by atoms with E-state index in [1.165, 1.54) is 31.2 Å². The van der Waals surface area contributed by atoms with E-state index < -0.39 is 0 Å². The van der Waals surface area contributed by atoms with Gasteiger partial charge in [0, 0.05) is 29.8 Å². The highest BCUT2D eigenvalue weighted by molar-refractivity contribution is 5.91. The van der Waals surface area contributed by atoms with E-state index in [1.807, 2.05) is 25.1 Å². The number of esters is 1. The lowest BCUT2D eigenvalue weighted by Gasteiger charge is -2.39. The maximum Gasteiger partial charge on any atom is 0.338 e. The molecular weight excluding hydrogens is 326 g/mol. The number of carbonyl (C=O) groups is 1. The third kappa shape index (κ3) is 3.02. The van der Waals surface area contributed by atoms with Crippen molar-refractivity contribution >= 4 is 24.1 Å². The molecule has 0 unspecified atom stereocenters. The maximum atomic E-state index is 12.0. The Kier molecular flexibility index (Phi) is 5.36. The summed E-state index contributed by atoms with van der Waals surface area (Å²) < 4.78 is 11.2. The molecule has 5 heteroatoms. The number of hydrogen-bond acceptors (Lipinski definition) is 4. The SMILES string of the molecule is CCOC(=O)c1ccc2c(c1)N[C@H](C1CCCC1)[C@@H]1CCO[C@H]21.Cl. The van der Waals surface area contributed by atoms with Crippen LogP contribution in [-0.4, -0.2) is 25.2 Å². The standard InChI is InChI=1S/C19H25NO3.ClH/c1-2-22-19(21)13-7-8-14-16(11-13)20-17(12-5-3-4-6-12)15-9-10-23-18(14)15;/h7-8,11-12,15,17-18,20H,2-6,9-10H2,1H3;1H/t15-,17+,18+;/m0./s1. The second-order valence-electron chi connectivity index (χ2n) is 6.98. The number of anilines is 1. The number of hydrogen-bond donors (Lipinski definition) is 1. The van der Waals surface area contributed by atoms with Crippen molar-refractivity contribution in [3.63, 3.8) is 0 Å². The molecule has 0 spiro atoms. The lowest BCUT2D eigenvalue weighted by atomic mass is 9.77. The first-order valence-corrected chi connectivity index (χ1v) is 8.97. The number of benzene rings is 1. The molecule has 24 heavy (non-hydrogen) atoms. The fourth-order valence-corrected chi connectivity index (χ4v) is 4.64. The summed E-state index contributed by atoms with van der Waals surface area (Å²) in [6, 6.07) is 6.35. The molecular formula is C19H26ClNO3. The summed E-state index contributed by atoms with van der Waals surface area (Å²) in [5.74, 6) is 1.06. The van der Waals surface area contributed by atoms with Crippen LogP contribution < -0.4 is 5.32 Å². The molecule has 1 aromatic carbocycles. The minimum absolute atomic E-state index is 0. The molecule has 3 aliphatic rings. The largest absolute Gasteiger partial charge is 0.462 e. The molecule has 132 valence electrons. The van der Waals surface area contributed by atoms with Gasteiger partial charge in [0.1, 0.15) is 0 Å². The van der Waals surface area contributed by atoms with E-state index in [-0.39, 0.29) is 24.5 Å². The summed E-state index contributed by atoms with van der Waals surface area (Å²) in [5, 5.41) is 3.76. The Balaban J connectivity index is 0.00000169. The van der Waals surface area contributed by atoms with Crippen molar-refractivity contribution in [2.24, 2.45) is 11.8 Å². The van der Waals surface area contributed by atoms with Gasteiger partial charge in [0.25, 0.3) is 0 Å². The van der Waals surface area contributed by atoms with Crippen LogP contribution in [0, 0.1) is 11.8 Å². The Hall–Kier alpha value is -1.26. The van der Waals surface area contributed by atoms with E-state index in [0.717, 1.165) is 24.6 Å². The highest BCUT2D eigenvalue weighted by atomic mass is 35.5. The molecule has 2 heterocycles. The van der Waals surface area contributed by atoms with E-state index in [0.29, 0.717) is 24.1 Å². The number of rotatable bonds is 3. The second kappa shape index (κ2) is 7.32. The highest BCUT2D eigenvalue weighted by Gasteiger charge is 2.44. The fourth-order valence-electron chi connectivity index (χ4n) is 4.64. The molecule has 1 aromatic rings. The van der Waals surface area contributed by atoms with Gasteiger partial charge in [-0.3, -0.25) is 0 Å². The molecule has 0 radical (unpaired) electrons. The van der Waals surface area contributed by atoms with Crippen molar-refractivity contribution in [3.05, 3.63) is 29.3 Å². The summed E-state index contributed by atoms with van der Waals surface area (Å²) in [6.07, 6.45) is 6.64. The molecule has 1 saturated carbocycles. The molecule has 2 fully saturated rings. The van der Waals surface area contributed by atoms with Crippen molar-refractivity contribution in [1.82, 2.24) is 0 Å². The van der Waals surface area contributed by atoms with Gasteiger partial charge in [-0.2, -0.15) is 0 Å². The third-order valence-electron chi connectivity index (χ3n) is 5.70. The van der Waals surface area contributed by atoms with E-state index in [1.54, 1.807) is 0 Å². The zero-order valence-electron chi connectivity index (χ0n) is 14.1. The van der Waals surface area contributed by atoms with Gasteiger partial charge in [-0.05, 0) is 44.2 Å². The van der Waals surface area contributed by atoms with Crippen LogP contribution in [0.15, 0.2) is 18.2 Å². The van der Waals surface area contributed by atoms with Gasteiger partial charge >= 0.3 is 5.97 Å². The smallest absolute Gasteiger partial charge is 0.338 e. The molecule has 0 amide bonds. The quantitative estimate of drug-likeness (QED) is 0.822.